The van der Waals surface area contributed by atoms with E-state index in [1.165, 1.54) is 6.20 Å². The Balaban J connectivity index is 1.66. The molecular formula is C25H24N4. The molecule has 0 aliphatic carbocycles. The second kappa shape index (κ2) is 7.92. The van der Waals surface area contributed by atoms with Gasteiger partial charge in [0.2, 0.25) is 0 Å². The average Bonchev–Trinajstić information content (AvgIpc) is 2.82. The molecule has 4 nitrogen and oxygen atoms in total. The standard InChI is InChI=1S/C25H24N4/c1-16-14-26-24(18(3)28-16)22-9-5-7-20(12-22)11-21-8-6-10-23(13-21)25-19(4)29-17(2)15-27-25/h5-10,12-15H,11H2,1-4H3/i1D3,2D3,3D3. The Bertz CT molecular complexity index is 1480. The third-order valence-corrected chi connectivity index (χ3v) is 4.53. The van der Waals surface area contributed by atoms with Gasteiger partial charge in [-0.25, -0.2) is 0 Å². The van der Waals surface area contributed by atoms with Gasteiger partial charge in [0.1, 0.15) is 0 Å². The van der Waals surface area contributed by atoms with Crippen molar-refractivity contribution in [2.24, 2.45) is 0 Å². The quantitative estimate of drug-likeness (QED) is 0.467. The van der Waals surface area contributed by atoms with Crippen molar-refractivity contribution in [1.29, 1.82) is 0 Å². The van der Waals surface area contributed by atoms with E-state index >= 15 is 0 Å². The van der Waals surface area contributed by atoms with E-state index in [1.54, 1.807) is 25.1 Å². The molecule has 4 rings (SSSR count). The van der Waals surface area contributed by atoms with Gasteiger partial charge >= 0.3 is 0 Å². The fraction of sp³-hybridized carbons (Fsp3) is 0.200. The van der Waals surface area contributed by atoms with Crippen LogP contribution in [-0.2, 0) is 6.42 Å². The van der Waals surface area contributed by atoms with Gasteiger partial charge in [-0.05, 0) is 57.2 Å². The maximum absolute atomic E-state index is 7.87. The average molecular weight is 390 g/mol. The van der Waals surface area contributed by atoms with Gasteiger partial charge in [-0.3, -0.25) is 19.9 Å². The highest BCUT2D eigenvalue weighted by molar-refractivity contribution is 5.64. The summed E-state index contributed by atoms with van der Waals surface area (Å²) in [5.41, 5.74) is 3.53. The molecule has 0 spiro atoms. The van der Waals surface area contributed by atoms with E-state index < -0.39 is 20.6 Å². The van der Waals surface area contributed by atoms with E-state index in [-0.39, 0.29) is 22.8 Å². The first-order valence-corrected chi connectivity index (χ1v) is 9.04. The molecule has 0 radical (unpaired) electrons. The smallest absolute Gasteiger partial charge is 0.0914 e. The van der Waals surface area contributed by atoms with Crippen LogP contribution >= 0.6 is 0 Å². The molecule has 0 saturated carbocycles. The summed E-state index contributed by atoms with van der Waals surface area (Å²) < 4.78 is 68.9. The second-order valence-electron chi connectivity index (χ2n) is 6.72. The lowest BCUT2D eigenvalue weighted by Crippen LogP contribution is -1.97. The molecule has 0 atom stereocenters. The largest absolute Gasteiger partial charge is 0.255 e. The normalized spacial score (nSPS) is 16.8. The summed E-state index contributed by atoms with van der Waals surface area (Å²) in [6, 6.07) is 14.8. The lowest BCUT2D eigenvalue weighted by atomic mass is 9.98. The first-order valence-electron chi connectivity index (χ1n) is 13.5. The maximum atomic E-state index is 7.87. The fourth-order valence-corrected chi connectivity index (χ4v) is 3.26. The lowest BCUT2D eigenvalue weighted by Gasteiger charge is -2.10. The Kier molecular flexibility index (Phi) is 2.99. The minimum atomic E-state index is -2.65. The van der Waals surface area contributed by atoms with Crippen molar-refractivity contribution in [2.75, 3.05) is 0 Å². The summed E-state index contributed by atoms with van der Waals surface area (Å²) in [5, 5.41) is 0. The molecule has 2 heterocycles. The van der Waals surface area contributed by atoms with Gasteiger partial charge < -0.3 is 0 Å². The topological polar surface area (TPSA) is 51.6 Å². The van der Waals surface area contributed by atoms with Crippen LogP contribution in [0.4, 0.5) is 0 Å². The van der Waals surface area contributed by atoms with Gasteiger partial charge in [0.05, 0.1) is 34.2 Å². The minimum Gasteiger partial charge on any atom is -0.255 e. The highest BCUT2D eigenvalue weighted by Crippen LogP contribution is 2.25. The Morgan fingerprint density at radius 3 is 1.79 bits per heavy atom. The zero-order valence-corrected chi connectivity index (χ0v) is 15.8. The molecule has 4 aromatic rings. The number of rotatable bonds is 4. The van der Waals surface area contributed by atoms with Crippen LogP contribution < -0.4 is 0 Å². The van der Waals surface area contributed by atoms with Gasteiger partial charge in [-0.1, -0.05) is 36.4 Å². The van der Waals surface area contributed by atoms with Crippen LogP contribution in [0.25, 0.3) is 22.5 Å². The molecule has 0 bridgehead atoms. The molecule has 2 aromatic carbocycles. The van der Waals surface area contributed by atoms with Gasteiger partial charge in [0.25, 0.3) is 0 Å². The lowest BCUT2D eigenvalue weighted by molar-refractivity contribution is 1.06. The molecule has 144 valence electrons. The van der Waals surface area contributed by atoms with Crippen molar-refractivity contribution < 1.29 is 12.3 Å². The van der Waals surface area contributed by atoms with Gasteiger partial charge in [-0.2, -0.15) is 0 Å². The Hall–Kier alpha value is -3.40. The van der Waals surface area contributed by atoms with E-state index in [0.717, 1.165) is 22.9 Å². The molecule has 29 heavy (non-hydrogen) atoms. The van der Waals surface area contributed by atoms with E-state index in [9.17, 15) is 0 Å². The molecular weight excluding hydrogens is 356 g/mol. The van der Waals surface area contributed by atoms with E-state index in [0.29, 0.717) is 23.4 Å². The summed E-state index contributed by atoms with van der Waals surface area (Å²) in [4.78, 5) is 16.7. The van der Waals surface area contributed by atoms with E-state index in [1.807, 2.05) is 30.3 Å². The van der Waals surface area contributed by atoms with Crippen molar-refractivity contribution in [3.05, 3.63) is 94.8 Å². The van der Waals surface area contributed by atoms with E-state index in [2.05, 4.69) is 19.9 Å². The van der Waals surface area contributed by atoms with Crippen molar-refractivity contribution in [1.82, 2.24) is 19.9 Å². The van der Waals surface area contributed by atoms with Crippen LogP contribution in [0.3, 0.4) is 0 Å². The Morgan fingerprint density at radius 2 is 1.28 bits per heavy atom. The zero-order valence-electron chi connectivity index (χ0n) is 24.8. The molecule has 0 aliphatic heterocycles. The van der Waals surface area contributed by atoms with Gasteiger partial charge in [0, 0.05) is 35.9 Å². The number of nitrogens with zero attached hydrogens (tertiary/aromatic N) is 4. The Morgan fingerprint density at radius 1 is 0.724 bits per heavy atom. The molecule has 0 saturated heterocycles. The number of hydrogen-bond donors (Lipinski definition) is 0. The van der Waals surface area contributed by atoms with Gasteiger partial charge in [0.15, 0.2) is 0 Å². The molecule has 0 amide bonds. The highest BCUT2D eigenvalue weighted by atomic mass is 14.8. The first-order chi connectivity index (χ1) is 17.6. The summed E-state index contributed by atoms with van der Waals surface area (Å²) in [6.45, 7) is -5.84. The highest BCUT2D eigenvalue weighted by Gasteiger charge is 2.09. The van der Waals surface area contributed by atoms with Crippen LogP contribution in [0.2, 0.25) is 0 Å². The third-order valence-electron chi connectivity index (χ3n) is 4.53. The fourth-order valence-electron chi connectivity index (χ4n) is 3.26. The van der Waals surface area contributed by atoms with Crippen molar-refractivity contribution in [2.45, 2.75) is 33.9 Å². The van der Waals surface area contributed by atoms with Crippen LogP contribution in [-0.4, -0.2) is 19.9 Å². The van der Waals surface area contributed by atoms with Crippen molar-refractivity contribution in [3.63, 3.8) is 0 Å². The predicted octanol–water partition coefficient (Wildman–Crippen LogP) is 5.43. The number of hydrogen-bond acceptors (Lipinski definition) is 4. The molecule has 0 unspecified atom stereocenters. The van der Waals surface area contributed by atoms with Crippen molar-refractivity contribution in [3.8, 4) is 22.5 Å². The number of aryl methyl sites for hydroxylation is 4. The molecule has 2 aromatic heterocycles. The summed E-state index contributed by atoms with van der Waals surface area (Å²) >= 11 is 0. The summed E-state index contributed by atoms with van der Waals surface area (Å²) in [5.74, 6) is 0. The van der Waals surface area contributed by atoms with Crippen molar-refractivity contribution >= 4 is 0 Å². The van der Waals surface area contributed by atoms with Gasteiger partial charge in [-0.15, -0.1) is 0 Å². The first kappa shape index (κ1) is 11.0. The maximum Gasteiger partial charge on any atom is 0.0914 e. The summed E-state index contributed by atoms with van der Waals surface area (Å²) in [7, 11) is 0. The second-order valence-corrected chi connectivity index (χ2v) is 6.72. The minimum absolute atomic E-state index is 0.0573. The molecule has 0 aliphatic rings. The van der Waals surface area contributed by atoms with Crippen LogP contribution in [0.1, 0.15) is 46.2 Å². The molecule has 4 heteroatoms. The monoisotopic (exact) mass is 389 g/mol. The third kappa shape index (κ3) is 4.21. The predicted molar refractivity (Wildman–Crippen MR) is 117 cm³/mol. The Labute approximate surface area is 184 Å². The molecule has 0 fully saturated rings. The molecule has 0 N–H and O–H groups in total. The van der Waals surface area contributed by atoms with Crippen LogP contribution in [0, 0.1) is 27.5 Å². The zero-order chi connectivity index (χ0) is 27.9. The van der Waals surface area contributed by atoms with Crippen LogP contribution in [0.15, 0.2) is 60.9 Å². The summed E-state index contributed by atoms with van der Waals surface area (Å²) in [6.07, 6.45) is 2.87. The van der Waals surface area contributed by atoms with E-state index in [4.69, 9.17) is 12.3 Å². The van der Waals surface area contributed by atoms with Crippen LogP contribution in [0.5, 0.6) is 0 Å². The number of aromatic nitrogens is 4. The SMILES string of the molecule is [2H]C([2H])([2H])c1cnc(-c2cccc(Cc3cccc(-c4ncc(C([2H])([2H])[2H])nc4C([2H])([2H])[2H])c3)c2)c(C)n1. The number of benzene rings is 2.